The number of nitrogens with two attached hydrogens (primary N) is 1. The number of anilines is 2. The van der Waals surface area contributed by atoms with E-state index in [2.05, 4.69) is 20.9 Å². The van der Waals surface area contributed by atoms with E-state index in [0.29, 0.717) is 24.6 Å². The van der Waals surface area contributed by atoms with Crippen LogP contribution in [0.5, 0.6) is 0 Å². The summed E-state index contributed by atoms with van der Waals surface area (Å²) < 4.78 is 0.800. The highest BCUT2D eigenvalue weighted by molar-refractivity contribution is 9.10. The Morgan fingerprint density at radius 2 is 1.94 bits per heavy atom. The van der Waals surface area contributed by atoms with Gasteiger partial charge in [-0.25, -0.2) is 4.98 Å². The van der Waals surface area contributed by atoms with Crippen LogP contribution in [0.25, 0.3) is 0 Å². The fourth-order valence-corrected chi connectivity index (χ4v) is 1.95. The molecule has 0 aromatic carbocycles. The first-order valence-corrected chi connectivity index (χ1v) is 5.78. The molecular formula is C10H16BrN3O2. The zero-order valence-corrected chi connectivity index (χ0v) is 10.7. The fraction of sp³-hybridized carbons (Fsp3) is 0.500. The topological polar surface area (TPSA) is 82.6 Å². The molecule has 0 aliphatic carbocycles. The molecule has 0 bridgehead atoms. The van der Waals surface area contributed by atoms with E-state index in [4.69, 9.17) is 15.9 Å². The molecule has 0 spiro atoms. The highest BCUT2D eigenvalue weighted by Crippen LogP contribution is 2.30. The van der Waals surface area contributed by atoms with Gasteiger partial charge in [-0.1, -0.05) is 0 Å². The lowest BCUT2D eigenvalue weighted by Crippen LogP contribution is -2.31. The summed E-state index contributed by atoms with van der Waals surface area (Å²) in [6.45, 7) is 2.76. The van der Waals surface area contributed by atoms with Crippen molar-refractivity contribution in [1.82, 2.24) is 4.98 Å². The highest BCUT2D eigenvalue weighted by Gasteiger charge is 2.13. The Kier molecular flexibility index (Phi) is 4.98. The number of hydrogen-bond donors (Lipinski definition) is 3. The molecule has 0 saturated heterocycles. The molecule has 1 aromatic heterocycles. The Morgan fingerprint density at radius 3 is 2.44 bits per heavy atom. The number of rotatable bonds is 5. The van der Waals surface area contributed by atoms with Crippen LogP contribution >= 0.6 is 15.9 Å². The van der Waals surface area contributed by atoms with Crippen molar-refractivity contribution in [2.45, 2.75) is 6.92 Å². The molecule has 5 nitrogen and oxygen atoms in total. The number of halogens is 1. The summed E-state index contributed by atoms with van der Waals surface area (Å²) in [4.78, 5) is 6.01. The van der Waals surface area contributed by atoms with Crippen molar-refractivity contribution in [2.75, 3.05) is 36.9 Å². The lowest BCUT2D eigenvalue weighted by Gasteiger charge is -2.23. The second kappa shape index (κ2) is 6.03. The highest BCUT2D eigenvalue weighted by atomic mass is 79.9. The van der Waals surface area contributed by atoms with Crippen LogP contribution in [0.3, 0.4) is 0 Å². The van der Waals surface area contributed by atoms with Crippen LogP contribution in [0.4, 0.5) is 11.5 Å². The molecule has 4 N–H and O–H groups in total. The molecule has 0 fully saturated rings. The van der Waals surface area contributed by atoms with Crippen LogP contribution in [0.1, 0.15) is 5.56 Å². The Morgan fingerprint density at radius 1 is 1.38 bits per heavy atom. The molecule has 0 amide bonds. The number of aliphatic hydroxyl groups excluding tert-OH is 2. The van der Waals surface area contributed by atoms with Crippen molar-refractivity contribution in [1.29, 1.82) is 0 Å². The summed E-state index contributed by atoms with van der Waals surface area (Å²) >= 11 is 3.42. The van der Waals surface area contributed by atoms with E-state index in [1.807, 2.05) is 6.92 Å². The Bertz CT molecular complexity index is 354. The van der Waals surface area contributed by atoms with Crippen molar-refractivity contribution < 1.29 is 10.2 Å². The van der Waals surface area contributed by atoms with E-state index in [1.54, 1.807) is 11.1 Å². The Labute approximate surface area is 103 Å². The minimum absolute atomic E-state index is 0.0115. The third-order valence-corrected chi connectivity index (χ3v) is 3.27. The van der Waals surface area contributed by atoms with Gasteiger partial charge in [0.25, 0.3) is 0 Å². The van der Waals surface area contributed by atoms with E-state index >= 15 is 0 Å². The summed E-state index contributed by atoms with van der Waals surface area (Å²) in [6, 6.07) is 0. The van der Waals surface area contributed by atoms with Crippen molar-refractivity contribution in [2.24, 2.45) is 0 Å². The van der Waals surface area contributed by atoms with Crippen LogP contribution in [-0.4, -0.2) is 41.5 Å². The molecule has 0 unspecified atom stereocenters. The number of nitrogens with zero attached hydrogens (tertiary/aromatic N) is 2. The summed E-state index contributed by atoms with van der Waals surface area (Å²) in [5.74, 6) is 0.690. The SMILES string of the molecule is Cc1c(N)cnc(N(CCO)CCO)c1Br. The number of hydrogen-bond acceptors (Lipinski definition) is 5. The van der Waals surface area contributed by atoms with Crippen LogP contribution in [0, 0.1) is 6.92 Å². The van der Waals surface area contributed by atoms with Gasteiger partial charge in [-0.05, 0) is 28.4 Å². The summed E-state index contributed by atoms with van der Waals surface area (Å²) in [5, 5.41) is 17.9. The predicted molar refractivity (Wildman–Crippen MR) is 67.5 cm³/mol. The molecule has 0 saturated carbocycles. The maximum Gasteiger partial charge on any atom is 0.143 e. The molecule has 1 rings (SSSR count). The van der Waals surface area contributed by atoms with E-state index in [9.17, 15) is 0 Å². The molecule has 1 aromatic rings. The first kappa shape index (κ1) is 13.2. The number of aromatic nitrogens is 1. The molecule has 16 heavy (non-hydrogen) atoms. The van der Waals surface area contributed by atoms with Gasteiger partial charge in [-0.2, -0.15) is 0 Å². The maximum absolute atomic E-state index is 8.95. The third kappa shape index (κ3) is 2.84. The van der Waals surface area contributed by atoms with Crippen molar-refractivity contribution in [3.05, 3.63) is 16.2 Å². The second-order valence-corrected chi connectivity index (χ2v) is 4.20. The molecular weight excluding hydrogens is 274 g/mol. The van der Waals surface area contributed by atoms with Gasteiger partial charge in [0.2, 0.25) is 0 Å². The molecule has 90 valence electrons. The number of nitrogen functional groups attached to an aromatic ring is 1. The van der Waals surface area contributed by atoms with E-state index in [-0.39, 0.29) is 13.2 Å². The van der Waals surface area contributed by atoms with Crippen LogP contribution in [-0.2, 0) is 0 Å². The first-order valence-electron chi connectivity index (χ1n) is 4.99. The zero-order chi connectivity index (χ0) is 12.1. The normalized spacial score (nSPS) is 10.5. The van der Waals surface area contributed by atoms with E-state index in [1.165, 1.54) is 0 Å². The Balaban J connectivity index is 3.04. The smallest absolute Gasteiger partial charge is 0.143 e. The summed E-state index contributed by atoms with van der Waals surface area (Å²) in [7, 11) is 0. The van der Waals surface area contributed by atoms with Crippen molar-refractivity contribution in [3.63, 3.8) is 0 Å². The molecule has 0 aliphatic rings. The van der Waals surface area contributed by atoms with Crippen LogP contribution < -0.4 is 10.6 Å². The van der Waals surface area contributed by atoms with Gasteiger partial charge < -0.3 is 20.8 Å². The van der Waals surface area contributed by atoms with Gasteiger partial charge >= 0.3 is 0 Å². The van der Waals surface area contributed by atoms with Gasteiger partial charge in [0, 0.05) is 13.1 Å². The van der Waals surface area contributed by atoms with Crippen molar-refractivity contribution >= 4 is 27.4 Å². The largest absolute Gasteiger partial charge is 0.397 e. The molecule has 6 heteroatoms. The lowest BCUT2D eigenvalue weighted by molar-refractivity contribution is 0.280. The fourth-order valence-electron chi connectivity index (χ4n) is 1.36. The minimum Gasteiger partial charge on any atom is -0.397 e. The van der Waals surface area contributed by atoms with E-state index < -0.39 is 0 Å². The van der Waals surface area contributed by atoms with Gasteiger partial charge in [-0.3, -0.25) is 0 Å². The van der Waals surface area contributed by atoms with E-state index in [0.717, 1.165) is 10.0 Å². The van der Waals surface area contributed by atoms with Gasteiger partial charge in [0.05, 0.1) is 29.6 Å². The summed E-state index contributed by atoms with van der Waals surface area (Å²) in [5.41, 5.74) is 7.25. The minimum atomic E-state index is 0.0115. The maximum atomic E-state index is 8.95. The predicted octanol–water partition coefficient (Wildman–Crippen LogP) is 0.526. The summed E-state index contributed by atoms with van der Waals surface area (Å²) in [6.07, 6.45) is 1.58. The average Bonchev–Trinajstić information content (AvgIpc) is 2.26. The lowest BCUT2D eigenvalue weighted by atomic mass is 10.2. The third-order valence-electron chi connectivity index (χ3n) is 2.32. The second-order valence-electron chi connectivity index (χ2n) is 3.41. The number of pyridine rings is 1. The monoisotopic (exact) mass is 289 g/mol. The molecule has 0 radical (unpaired) electrons. The quantitative estimate of drug-likeness (QED) is 0.736. The average molecular weight is 290 g/mol. The van der Waals surface area contributed by atoms with Crippen molar-refractivity contribution in [3.8, 4) is 0 Å². The Hall–Kier alpha value is -0.850. The van der Waals surface area contributed by atoms with Gasteiger partial charge in [0.15, 0.2) is 0 Å². The first-order chi connectivity index (χ1) is 7.61. The van der Waals surface area contributed by atoms with Crippen LogP contribution in [0.15, 0.2) is 10.7 Å². The number of aliphatic hydroxyl groups is 2. The van der Waals surface area contributed by atoms with Gasteiger partial charge in [-0.15, -0.1) is 0 Å². The standard InChI is InChI=1S/C10H16BrN3O2/c1-7-8(12)6-13-10(9(7)11)14(2-4-15)3-5-16/h6,15-16H,2-5,12H2,1H3. The molecule has 1 heterocycles. The van der Waals surface area contributed by atoms with Crippen LogP contribution in [0.2, 0.25) is 0 Å². The molecule has 0 aliphatic heterocycles. The molecule has 0 atom stereocenters. The van der Waals surface area contributed by atoms with Gasteiger partial charge in [0.1, 0.15) is 5.82 Å². The zero-order valence-electron chi connectivity index (χ0n) is 9.15.